The molecule has 2 aromatic carbocycles. The van der Waals surface area contributed by atoms with Crippen molar-refractivity contribution >= 4 is 87.2 Å². The average molecular weight is 623 g/mol. The molecule has 2 aliphatic heterocycles. The van der Waals surface area contributed by atoms with Crippen LogP contribution in [-0.2, 0) is 20.2 Å². The molecule has 0 aliphatic carbocycles. The first-order valence-electron chi connectivity index (χ1n) is 11.7. The fourth-order valence-corrected chi connectivity index (χ4v) is 5.47. The lowest BCUT2D eigenvalue weighted by Gasteiger charge is -2.01. The van der Waals surface area contributed by atoms with Crippen LogP contribution in [-0.4, -0.2) is 86.3 Å². The molecule has 4 N–H and O–H groups in total. The lowest BCUT2D eigenvalue weighted by molar-refractivity contribution is 0.488. The quantitative estimate of drug-likeness (QED) is 0.247. The molecule has 6 rings (SSSR count). The van der Waals surface area contributed by atoms with Gasteiger partial charge in [-0.25, -0.2) is 9.97 Å². The molecule has 0 fully saturated rings. The van der Waals surface area contributed by atoms with E-state index in [4.69, 9.17) is 19.1 Å². The van der Waals surface area contributed by atoms with Crippen LogP contribution < -0.4 is 10.6 Å². The van der Waals surface area contributed by atoms with Gasteiger partial charge in [-0.15, -0.1) is 22.7 Å². The molecule has 2 aromatic heterocycles. The van der Waals surface area contributed by atoms with Crippen molar-refractivity contribution in [1.82, 2.24) is 20.6 Å². The Labute approximate surface area is 239 Å². The molecule has 0 spiro atoms. The minimum absolute atomic E-state index is 0.715. The number of amidine groups is 2. The van der Waals surface area contributed by atoms with Gasteiger partial charge < -0.3 is 10.6 Å². The fourth-order valence-electron chi connectivity index (χ4n) is 3.65. The lowest BCUT2D eigenvalue weighted by Crippen LogP contribution is -2.19. The average Bonchev–Trinajstić information content (AvgIpc) is 3.65. The van der Waals surface area contributed by atoms with Crippen LogP contribution >= 0.6 is 22.7 Å². The Bertz CT molecular complexity index is 1690. The Hall–Kier alpha value is -3.28. The predicted octanol–water partition coefficient (Wildman–Crippen LogP) is 2.78. The maximum absolute atomic E-state index is 9.19. The number of rotatable bonds is 4. The number of fused-ring (bicyclic) bond motifs is 2. The van der Waals surface area contributed by atoms with Crippen LogP contribution in [0.4, 0.5) is 0 Å². The second kappa shape index (κ2) is 12.5. The number of thiazole rings is 2. The van der Waals surface area contributed by atoms with Gasteiger partial charge in [0.05, 0.1) is 46.0 Å². The van der Waals surface area contributed by atoms with Crippen molar-refractivity contribution in [3.63, 3.8) is 0 Å². The highest BCUT2D eigenvalue weighted by molar-refractivity contribution is 7.85. The van der Waals surface area contributed by atoms with Crippen LogP contribution in [0.25, 0.3) is 32.6 Å². The van der Waals surface area contributed by atoms with E-state index in [-0.39, 0.29) is 0 Å². The van der Waals surface area contributed by atoms with Crippen molar-refractivity contribution in [2.75, 3.05) is 38.7 Å². The van der Waals surface area contributed by atoms with E-state index in [0.29, 0.717) is 12.5 Å². The van der Waals surface area contributed by atoms with E-state index < -0.39 is 20.2 Å². The molecule has 4 aromatic rings. The van der Waals surface area contributed by atoms with Gasteiger partial charge in [0.15, 0.2) is 0 Å². The third-order valence-corrected chi connectivity index (χ3v) is 7.04. The first-order chi connectivity index (χ1) is 18.8. The van der Waals surface area contributed by atoms with Crippen molar-refractivity contribution in [2.45, 2.75) is 0 Å². The first kappa shape index (κ1) is 29.7. The van der Waals surface area contributed by atoms with Gasteiger partial charge in [-0.3, -0.25) is 19.1 Å². The highest BCUT2D eigenvalue weighted by Gasteiger charge is 2.12. The smallest absolute Gasteiger partial charge is 0.261 e. The summed E-state index contributed by atoms with van der Waals surface area (Å²) >= 11 is 3.38. The summed E-state index contributed by atoms with van der Waals surface area (Å²) in [5, 5.41) is 8.61. The topological polar surface area (TPSA) is 183 Å². The Morgan fingerprint density at radius 2 is 1.10 bits per heavy atom. The summed E-state index contributed by atoms with van der Waals surface area (Å²) in [5.74, 6) is 1.96. The minimum atomic E-state index is -3.67. The first-order valence-corrected chi connectivity index (χ1v) is 17.1. The van der Waals surface area contributed by atoms with Crippen molar-refractivity contribution < 1.29 is 25.9 Å². The lowest BCUT2D eigenvalue weighted by atomic mass is 10.2. The molecule has 0 radical (unpaired) electrons. The summed E-state index contributed by atoms with van der Waals surface area (Å²) in [6, 6.07) is 12.6. The molecule has 0 saturated heterocycles. The Balaban J connectivity index is 0.000000321. The number of nitrogens with one attached hydrogen (secondary N) is 2. The molecular formula is C24H26N6O6S4. The monoisotopic (exact) mass is 622 g/mol. The van der Waals surface area contributed by atoms with E-state index >= 15 is 0 Å². The predicted molar refractivity (Wildman–Crippen MR) is 162 cm³/mol. The number of aromatic nitrogens is 2. The third kappa shape index (κ3) is 9.14. The van der Waals surface area contributed by atoms with Crippen LogP contribution in [0.5, 0.6) is 0 Å². The van der Waals surface area contributed by atoms with Crippen molar-refractivity contribution in [2.24, 2.45) is 9.98 Å². The second-order valence-electron chi connectivity index (χ2n) is 8.58. The van der Waals surface area contributed by atoms with E-state index in [2.05, 4.69) is 69.2 Å². The molecule has 0 bridgehead atoms. The zero-order chi connectivity index (χ0) is 28.9. The van der Waals surface area contributed by atoms with Crippen LogP contribution in [0.2, 0.25) is 0 Å². The Kier molecular flexibility index (Phi) is 9.27. The van der Waals surface area contributed by atoms with E-state index in [1.807, 2.05) is 0 Å². The van der Waals surface area contributed by atoms with Gasteiger partial charge in [0, 0.05) is 24.2 Å². The summed E-state index contributed by atoms with van der Waals surface area (Å²) in [4.78, 5) is 18.5. The standard InChI is InChI=1S/C22H18N6S2.2CH4O3S/c1-3-15-17(11-13(1)21-23-7-8-24-21)29-19(27-15)5-6-20-28-16-4-2-14(12-18(16)30-20)22-25-9-10-26-22;2*1-5(2,3)4/h1-6,11-12H,7-10H2,(H,23,24)(H,25,26);2*1H3,(H,2,3,4)/b6-5+;;. The molecule has 2 aliphatic rings. The molecule has 0 saturated carbocycles. The van der Waals surface area contributed by atoms with Gasteiger partial charge in [-0.2, -0.15) is 16.8 Å². The van der Waals surface area contributed by atoms with Gasteiger partial charge in [-0.05, 0) is 48.6 Å². The number of hydrogen-bond acceptors (Lipinski definition) is 12. The van der Waals surface area contributed by atoms with Crippen LogP contribution in [0.3, 0.4) is 0 Å². The molecule has 16 heteroatoms. The van der Waals surface area contributed by atoms with Gasteiger partial charge in [0.25, 0.3) is 20.2 Å². The maximum Gasteiger partial charge on any atom is 0.261 e. The zero-order valence-electron chi connectivity index (χ0n) is 21.4. The molecule has 12 nitrogen and oxygen atoms in total. The summed E-state index contributed by atoms with van der Waals surface area (Å²) in [5.41, 5.74) is 4.28. The van der Waals surface area contributed by atoms with Crippen molar-refractivity contribution in [3.8, 4) is 0 Å². The highest BCUT2D eigenvalue weighted by Crippen LogP contribution is 2.28. The van der Waals surface area contributed by atoms with Gasteiger partial charge in [0.2, 0.25) is 0 Å². The Morgan fingerprint density at radius 3 is 1.43 bits per heavy atom. The normalized spacial score (nSPS) is 15.1. The number of hydrogen-bond donors (Lipinski definition) is 4. The summed E-state index contributed by atoms with van der Waals surface area (Å²) in [6.45, 7) is 3.52. The largest absolute Gasteiger partial charge is 0.368 e. The summed E-state index contributed by atoms with van der Waals surface area (Å²) < 4.78 is 54.1. The van der Waals surface area contributed by atoms with Gasteiger partial charge in [0.1, 0.15) is 21.7 Å². The van der Waals surface area contributed by atoms with Crippen LogP contribution in [0, 0.1) is 0 Å². The van der Waals surface area contributed by atoms with Gasteiger partial charge >= 0.3 is 0 Å². The molecule has 0 atom stereocenters. The summed E-state index contributed by atoms with van der Waals surface area (Å²) in [7, 11) is -7.33. The van der Waals surface area contributed by atoms with E-state index in [1.54, 1.807) is 22.7 Å². The molecule has 0 unspecified atom stereocenters. The van der Waals surface area contributed by atoms with E-state index in [0.717, 1.165) is 70.0 Å². The number of aliphatic imine (C=N–C) groups is 2. The number of nitrogens with zero attached hydrogens (tertiary/aromatic N) is 4. The van der Waals surface area contributed by atoms with Crippen LogP contribution in [0.1, 0.15) is 21.1 Å². The Morgan fingerprint density at radius 1 is 0.725 bits per heavy atom. The van der Waals surface area contributed by atoms with Crippen molar-refractivity contribution in [3.05, 3.63) is 57.5 Å². The molecule has 40 heavy (non-hydrogen) atoms. The SMILES string of the molecule is C(=C\c1nc2ccc(C3=NCCN3)cc2s1)/c1nc2ccc(C3=NCCN3)cc2s1.CS(=O)(=O)O.CS(=O)(=O)O. The third-order valence-electron chi connectivity index (χ3n) is 5.07. The fraction of sp³-hybridized carbons (Fsp3) is 0.250. The van der Waals surface area contributed by atoms with E-state index in [9.17, 15) is 16.8 Å². The van der Waals surface area contributed by atoms with E-state index in [1.165, 1.54) is 9.40 Å². The molecule has 0 amide bonds. The number of benzene rings is 2. The molecule has 4 heterocycles. The molecule has 212 valence electrons. The maximum atomic E-state index is 9.19. The van der Waals surface area contributed by atoms with Crippen molar-refractivity contribution in [1.29, 1.82) is 0 Å². The van der Waals surface area contributed by atoms with Crippen LogP contribution in [0.15, 0.2) is 46.4 Å². The minimum Gasteiger partial charge on any atom is -0.368 e. The zero-order valence-corrected chi connectivity index (χ0v) is 24.7. The van der Waals surface area contributed by atoms with Gasteiger partial charge in [-0.1, -0.05) is 0 Å². The second-order valence-corrected chi connectivity index (χ2v) is 13.6. The highest BCUT2D eigenvalue weighted by atomic mass is 32.2. The summed E-state index contributed by atoms with van der Waals surface area (Å²) in [6.07, 6.45) is 5.54. The molecular weight excluding hydrogens is 597 g/mol.